The first-order chi connectivity index (χ1) is 10.9. The summed E-state index contributed by atoms with van der Waals surface area (Å²) in [6.45, 7) is 9.13. The third-order valence-electron chi connectivity index (χ3n) is 3.62. The Balaban J connectivity index is 3.33. The summed E-state index contributed by atoms with van der Waals surface area (Å²) < 4.78 is 29.2. The number of nitriles is 1. The van der Waals surface area contributed by atoms with Crippen molar-refractivity contribution >= 4 is 16.0 Å². The summed E-state index contributed by atoms with van der Waals surface area (Å²) in [5.41, 5.74) is -1.53. The molecule has 0 aliphatic carbocycles. The average molecular weight is 356 g/mol. The number of rotatable bonds is 6. The van der Waals surface area contributed by atoms with Crippen LogP contribution in [0.25, 0.3) is 0 Å². The summed E-state index contributed by atoms with van der Waals surface area (Å²) in [6.07, 6.45) is 3.13. The first-order valence-corrected chi connectivity index (χ1v) is 9.42. The first kappa shape index (κ1) is 20.0. The molecule has 0 radical (unpaired) electrons. The molecular weight excluding hydrogens is 332 g/mol. The van der Waals surface area contributed by atoms with E-state index >= 15 is 0 Å². The lowest BCUT2D eigenvalue weighted by Crippen LogP contribution is -2.46. The molecule has 8 nitrogen and oxygen atoms in total. The van der Waals surface area contributed by atoms with Gasteiger partial charge in [-0.25, -0.2) is 0 Å². The normalized spacial score (nSPS) is 12.5. The van der Waals surface area contributed by atoms with Gasteiger partial charge in [0.2, 0.25) is 0 Å². The maximum absolute atomic E-state index is 12.6. The van der Waals surface area contributed by atoms with Gasteiger partial charge in [0.1, 0.15) is 11.1 Å². The SMILES string of the molecule is CCC(C#N)(CC)NC(=O)c1cn(C(C)(C)C)nc1OS(C)(=O)=O. The van der Waals surface area contributed by atoms with E-state index in [0.29, 0.717) is 12.8 Å². The molecule has 0 aromatic carbocycles. The molecule has 1 rings (SSSR count). The third-order valence-corrected chi connectivity index (χ3v) is 4.08. The second-order valence-corrected chi connectivity index (χ2v) is 8.18. The Bertz CT molecular complexity index is 749. The van der Waals surface area contributed by atoms with Crippen LogP contribution in [0.2, 0.25) is 0 Å². The van der Waals surface area contributed by atoms with Crippen molar-refractivity contribution in [2.24, 2.45) is 0 Å². The highest BCUT2D eigenvalue weighted by Crippen LogP contribution is 2.24. The van der Waals surface area contributed by atoms with Crippen molar-refractivity contribution in [3.05, 3.63) is 11.8 Å². The van der Waals surface area contributed by atoms with Crippen LogP contribution in [0.15, 0.2) is 6.20 Å². The van der Waals surface area contributed by atoms with Gasteiger partial charge < -0.3 is 9.50 Å². The van der Waals surface area contributed by atoms with Gasteiger partial charge in [-0.2, -0.15) is 13.7 Å². The van der Waals surface area contributed by atoms with Gasteiger partial charge in [-0.1, -0.05) is 13.8 Å². The fraction of sp³-hybridized carbons (Fsp3) is 0.667. The zero-order chi connectivity index (χ0) is 18.8. The van der Waals surface area contributed by atoms with Crippen LogP contribution >= 0.6 is 0 Å². The van der Waals surface area contributed by atoms with Crippen LogP contribution in [0.5, 0.6) is 5.88 Å². The highest BCUT2D eigenvalue weighted by Gasteiger charge is 2.32. The lowest BCUT2D eigenvalue weighted by atomic mass is 9.94. The van der Waals surface area contributed by atoms with Gasteiger partial charge in [0.15, 0.2) is 0 Å². The van der Waals surface area contributed by atoms with Crippen molar-refractivity contribution in [1.82, 2.24) is 15.1 Å². The number of nitrogens with zero attached hydrogens (tertiary/aromatic N) is 3. The second kappa shape index (κ2) is 6.81. The molecule has 24 heavy (non-hydrogen) atoms. The number of carbonyl (C=O) groups is 1. The number of amides is 1. The number of hydrogen-bond donors (Lipinski definition) is 1. The number of aromatic nitrogens is 2. The van der Waals surface area contributed by atoms with Crippen LogP contribution in [0.4, 0.5) is 0 Å². The fourth-order valence-corrected chi connectivity index (χ4v) is 2.37. The molecule has 1 N–H and O–H groups in total. The Labute approximate surface area is 142 Å². The van der Waals surface area contributed by atoms with Crippen LogP contribution in [-0.2, 0) is 15.7 Å². The molecule has 9 heteroatoms. The average Bonchev–Trinajstić information content (AvgIpc) is 2.86. The number of hydrogen-bond acceptors (Lipinski definition) is 6. The van der Waals surface area contributed by atoms with Crippen molar-refractivity contribution in [3.8, 4) is 11.9 Å². The monoisotopic (exact) mass is 356 g/mol. The molecule has 0 saturated carbocycles. The summed E-state index contributed by atoms with van der Waals surface area (Å²) in [4.78, 5) is 12.6. The molecule has 0 bridgehead atoms. The van der Waals surface area contributed by atoms with Crippen LogP contribution in [0.3, 0.4) is 0 Å². The summed E-state index contributed by atoms with van der Waals surface area (Å²) in [5, 5.41) is 16.1. The quantitative estimate of drug-likeness (QED) is 0.777. The third kappa shape index (κ3) is 4.71. The van der Waals surface area contributed by atoms with Gasteiger partial charge in [-0.15, -0.1) is 5.10 Å². The van der Waals surface area contributed by atoms with Gasteiger partial charge in [0, 0.05) is 6.20 Å². The van der Waals surface area contributed by atoms with E-state index in [1.165, 1.54) is 10.9 Å². The predicted molar refractivity (Wildman–Crippen MR) is 89.1 cm³/mol. The Kier molecular flexibility index (Phi) is 5.66. The molecule has 0 unspecified atom stereocenters. The second-order valence-electron chi connectivity index (χ2n) is 6.61. The van der Waals surface area contributed by atoms with Gasteiger partial charge >= 0.3 is 10.1 Å². The summed E-state index contributed by atoms with van der Waals surface area (Å²) >= 11 is 0. The van der Waals surface area contributed by atoms with E-state index in [2.05, 4.69) is 16.5 Å². The van der Waals surface area contributed by atoms with E-state index in [0.717, 1.165) is 6.26 Å². The lowest BCUT2D eigenvalue weighted by Gasteiger charge is -2.24. The van der Waals surface area contributed by atoms with Crippen molar-refractivity contribution in [2.45, 2.75) is 58.5 Å². The Morgan fingerprint density at radius 1 is 1.38 bits per heavy atom. The minimum absolute atomic E-state index is 0.0307. The van der Waals surface area contributed by atoms with E-state index in [4.69, 9.17) is 4.18 Å². The topological polar surface area (TPSA) is 114 Å². The molecule has 1 heterocycles. The molecule has 1 amide bonds. The van der Waals surface area contributed by atoms with Crippen LogP contribution in [0, 0.1) is 11.3 Å². The number of nitrogens with one attached hydrogen (secondary N) is 1. The molecule has 1 aromatic heterocycles. The van der Waals surface area contributed by atoms with Crippen molar-refractivity contribution < 1.29 is 17.4 Å². The van der Waals surface area contributed by atoms with Gasteiger partial charge in [-0.3, -0.25) is 9.48 Å². The molecule has 0 saturated heterocycles. The van der Waals surface area contributed by atoms with Gasteiger partial charge in [-0.05, 0) is 33.6 Å². The molecule has 134 valence electrons. The maximum atomic E-state index is 12.6. The highest BCUT2D eigenvalue weighted by atomic mass is 32.2. The Hall–Kier alpha value is -2.08. The molecule has 1 aromatic rings. The predicted octanol–water partition coefficient (Wildman–Crippen LogP) is 1.79. The van der Waals surface area contributed by atoms with Crippen LogP contribution in [0.1, 0.15) is 57.8 Å². The minimum Gasteiger partial charge on any atom is -0.359 e. The summed E-state index contributed by atoms with van der Waals surface area (Å²) in [7, 11) is -3.85. The van der Waals surface area contributed by atoms with E-state index < -0.39 is 27.1 Å². The zero-order valence-electron chi connectivity index (χ0n) is 14.9. The van der Waals surface area contributed by atoms with Crippen LogP contribution in [-0.4, -0.2) is 35.9 Å². The van der Waals surface area contributed by atoms with Gasteiger partial charge in [0.05, 0.1) is 17.9 Å². The molecule has 0 atom stereocenters. The Morgan fingerprint density at radius 3 is 2.29 bits per heavy atom. The number of carbonyl (C=O) groups excluding carboxylic acids is 1. The minimum atomic E-state index is -3.85. The largest absolute Gasteiger partial charge is 0.359 e. The zero-order valence-corrected chi connectivity index (χ0v) is 15.7. The summed E-state index contributed by atoms with van der Waals surface area (Å²) in [5.74, 6) is -0.904. The molecule has 0 aliphatic rings. The van der Waals surface area contributed by atoms with Gasteiger partial charge in [0.25, 0.3) is 11.8 Å². The van der Waals surface area contributed by atoms with Crippen molar-refractivity contribution in [1.29, 1.82) is 5.26 Å². The fourth-order valence-electron chi connectivity index (χ4n) is 1.96. The smallest absolute Gasteiger partial charge is 0.307 e. The van der Waals surface area contributed by atoms with E-state index in [1.54, 1.807) is 13.8 Å². The lowest BCUT2D eigenvalue weighted by molar-refractivity contribution is 0.0914. The van der Waals surface area contributed by atoms with Crippen molar-refractivity contribution in [3.63, 3.8) is 0 Å². The molecule has 0 aliphatic heterocycles. The summed E-state index contributed by atoms with van der Waals surface area (Å²) in [6, 6.07) is 2.10. The standard InChI is InChI=1S/C15H24N4O4S/c1-7-15(8-2,10-16)17-12(20)11-9-19(14(3,4)5)18-13(11)23-24(6,21)22/h9H,7-8H2,1-6H3,(H,17,20). The maximum Gasteiger partial charge on any atom is 0.307 e. The highest BCUT2D eigenvalue weighted by molar-refractivity contribution is 7.86. The van der Waals surface area contributed by atoms with E-state index in [1.807, 2.05) is 20.8 Å². The first-order valence-electron chi connectivity index (χ1n) is 7.61. The Morgan fingerprint density at radius 2 is 1.92 bits per heavy atom. The molecule has 0 fully saturated rings. The van der Waals surface area contributed by atoms with Crippen molar-refractivity contribution in [2.75, 3.05) is 6.26 Å². The van der Waals surface area contributed by atoms with Crippen LogP contribution < -0.4 is 9.50 Å². The molecule has 0 spiro atoms. The molecular formula is C15H24N4O4S. The van der Waals surface area contributed by atoms with E-state index in [9.17, 15) is 18.5 Å². The van der Waals surface area contributed by atoms with E-state index in [-0.39, 0.29) is 11.4 Å².